The summed E-state index contributed by atoms with van der Waals surface area (Å²) in [6, 6.07) is 0. The standard InChI is InChI=1S/C7H15NO2S/c1-6-2-4-7(5-3-6)11(8,9)10/h6-7H,2-5H2,1H3,(H2,8,9,10). The Balaban J connectivity index is 2.53. The number of primary sulfonamides is 1. The minimum absolute atomic E-state index is 0.265. The summed E-state index contributed by atoms with van der Waals surface area (Å²) >= 11 is 0. The molecule has 1 aliphatic rings. The lowest BCUT2D eigenvalue weighted by Crippen LogP contribution is -2.31. The molecule has 1 saturated carbocycles. The Labute approximate surface area is 68.0 Å². The Morgan fingerprint density at radius 2 is 1.64 bits per heavy atom. The van der Waals surface area contributed by atoms with Crippen molar-refractivity contribution >= 4 is 10.0 Å². The molecule has 3 nitrogen and oxygen atoms in total. The highest BCUT2D eigenvalue weighted by Crippen LogP contribution is 2.26. The van der Waals surface area contributed by atoms with Crippen molar-refractivity contribution in [3.63, 3.8) is 0 Å². The summed E-state index contributed by atoms with van der Waals surface area (Å²) in [5, 5.41) is 4.76. The molecule has 0 heterocycles. The summed E-state index contributed by atoms with van der Waals surface area (Å²) in [6.45, 7) is 2.15. The van der Waals surface area contributed by atoms with E-state index in [4.69, 9.17) is 5.14 Å². The van der Waals surface area contributed by atoms with Gasteiger partial charge in [-0.2, -0.15) is 0 Å². The minimum atomic E-state index is -3.25. The summed E-state index contributed by atoms with van der Waals surface area (Å²) in [5.41, 5.74) is 0. The molecule has 2 N–H and O–H groups in total. The number of sulfonamides is 1. The molecular weight excluding hydrogens is 162 g/mol. The molecule has 0 bridgehead atoms. The van der Waals surface area contributed by atoms with E-state index in [2.05, 4.69) is 6.92 Å². The van der Waals surface area contributed by atoms with Crippen LogP contribution in [0.4, 0.5) is 0 Å². The third-order valence-corrected chi connectivity index (χ3v) is 3.83. The van der Waals surface area contributed by atoms with Crippen LogP contribution in [0.3, 0.4) is 0 Å². The largest absolute Gasteiger partial charge is 0.228 e. The van der Waals surface area contributed by atoms with Gasteiger partial charge >= 0.3 is 0 Å². The van der Waals surface area contributed by atoms with Gasteiger partial charge in [0, 0.05) is 0 Å². The zero-order chi connectivity index (χ0) is 8.48. The molecule has 0 unspecified atom stereocenters. The molecule has 1 fully saturated rings. The number of hydrogen-bond acceptors (Lipinski definition) is 2. The van der Waals surface area contributed by atoms with E-state index in [-0.39, 0.29) is 5.25 Å². The summed E-state index contributed by atoms with van der Waals surface area (Å²) in [4.78, 5) is 0. The van der Waals surface area contributed by atoms with Crippen molar-refractivity contribution in [3.05, 3.63) is 0 Å². The van der Waals surface area contributed by atoms with Crippen LogP contribution in [0.25, 0.3) is 0 Å². The van der Waals surface area contributed by atoms with E-state index in [9.17, 15) is 8.42 Å². The van der Waals surface area contributed by atoms with Crippen LogP contribution in [-0.4, -0.2) is 13.7 Å². The first kappa shape index (κ1) is 9.00. The summed E-state index contributed by atoms with van der Waals surface area (Å²) in [7, 11) is -3.25. The van der Waals surface area contributed by atoms with Crippen molar-refractivity contribution < 1.29 is 8.42 Å². The zero-order valence-corrected chi connectivity index (χ0v) is 7.60. The predicted octanol–water partition coefficient (Wildman–Crippen LogP) is 0.854. The second kappa shape index (κ2) is 3.11. The molecule has 0 saturated heterocycles. The summed E-state index contributed by atoms with van der Waals surface area (Å²) in [5.74, 6) is 0.674. The van der Waals surface area contributed by atoms with E-state index in [1.807, 2.05) is 0 Å². The van der Waals surface area contributed by atoms with E-state index in [1.54, 1.807) is 0 Å². The maximum Gasteiger partial charge on any atom is 0.211 e. The molecule has 0 radical (unpaired) electrons. The van der Waals surface area contributed by atoms with Gasteiger partial charge in [-0.1, -0.05) is 6.92 Å². The fraction of sp³-hybridized carbons (Fsp3) is 1.00. The topological polar surface area (TPSA) is 60.2 Å². The maximum atomic E-state index is 10.9. The van der Waals surface area contributed by atoms with Gasteiger partial charge in [0.15, 0.2) is 0 Å². The van der Waals surface area contributed by atoms with Crippen LogP contribution in [-0.2, 0) is 10.0 Å². The first-order valence-corrected chi connectivity index (χ1v) is 5.62. The van der Waals surface area contributed by atoms with Crippen molar-refractivity contribution in [2.75, 3.05) is 0 Å². The molecule has 4 heteroatoms. The van der Waals surface area contributed by atoms with E-state index < -0.39 is 10.0 Å². The molecular formula is C7H15NO2S. The number of hydrogen-bond donors (Lipinski definition) is 1. The molecule has 0 amide bonds. The molecule has 66 valence electrons. The Hall–Kier alpha value is -0.0900. The highest BCUT2D eigenvalue weighted by Gasteiger charge is 2.26. The van der Waals surface area contributed by atoms with E-state index in [1.165, 1.54) is 0 Å². The monoisotopic (exact) mass is 177 g/mol. The molecule has 0 atom stereocenters. The molecule has 0 aliphatic heterocycles. The van der Waals surface area contributed by atoms with Crippen LogP contribution in [0.2, 0.25) is 0 Å². The van der Waals surface area contributed by atoms with Crippen molar-refractivity contribution in [3.8, 4) is 0 Å². The summed E-state index contributed by atoms with van der Waals surface area (Å²) in [6.07, 6.45) is 3.50. The first-order chi connectivity index (χ1) is 5.00. The molecule has 0 aromatic heterocycles. The first-order valence-electron chi connectivity index (χ1n) is 4.02. The van der Waals surface area contributed by atoms with Crippen LogP contribution < -0.4 is 5.14 Å². The highest BCUT2D eigenvalue weighted by molar-refractivity contribution is 7.89. The molecule has 11 heavy (non-hydrogen) atoms. The van der Waals surface area contributed by atoms with Gasteiger partial charge in [0.25, 0.3) is 0 Å². The normalized spacial score (nSPS) is 33.6. The second-order valence-corrected chi connectivity index (χ2v) is 5.32. The van der Waals surface area contributed by atoms with Gasteiger partial charge in [-0.15, -0.1) is 0 Å². The highest BCUT2D eigenvalue weighted by atomic mass is 32.2. The van der Waals surface area contributed by atoms with Crippen molar-refractivity contribution in [1.82, 2.24) is 0 Å². The van der Waals surface area contributed by atoms with E-state index in [0.29, 0.717) is 5.92 Å². The number of rotatable bonds is 1. The molecule has 0 aromatic carbocycles. The van der Waals surface area contributed by atoms with Gasteiger partial charge < -0.3 is 0 Å². The Morgan fingerprint density at radius 1 is 1.18 bits per heavy atom. The smallest absolute Gasteiger partial charge is 0.211 e. The van der Waals surface area contributed by atoms with Crippen LogP contribution in [0.5, 0.6) is 0 Å². The average Bonchev–Trinajstić information content (AvgIpc) is 1.86. The van der Waals surface area contributed by atoms with Crippen LogP contribution in [0.15, 0.2) is 0 Å². The quantitative estimate of drug-likeness (QED) is 0.645. The Bertz CT molecular complexity index is 215. The lowest BCUT2D eigenvalue weighted by Gasteiger charge is -2.23. The lowest BCUT2D eigenvalue weighted by atomic mass is 9.91. The fourth-order valence-corrected chi connectivity index (χ4v) is 2.49. The van der Waals surface area contributed by atoms with Gasteiger partial charge in [-0.25, -0.2) is 13.6 Å². The molecule has 0 spiro atoms. The molecule has 0 aromatic rings. The van der Waals surface area contributed by atoms with Crippen molar-refractivity contribution in [2.45, 2.75) is 37.9 Å². The van der Waals surface area contributed by atoms with Crippen molar-refractivity contribution in [1.29, 1.82) is 0 Å². The lowest BCUT2D eigenvalue weighted by molar-refractivity contribution is 0.382. The van der Waals surface area contributed by atoms with Crippen LogP contribution in [0.1, 0.15) is 32.6 Å². The SMILES string of the molecule is CC1CCC(S(N)(=O)=O)CC1. The molecule has 1 rings (SSSR count). The third kappa shape index (κ3) is 2.45. The van der Waals surface area contributed by atoms with Gasteiger partial charge in [0.05, 0.1) is 5.25 Å². The fourth-order valence-electron chi connectivity index (χ4n) is 1.56. The summed E-state index contributed by atoms with van der Waals surface area (Å²) < 4.78 is 21.7. The van der Waals surface area contributed by atoms with Crippen LogP contribution in [0, 0.1) is 5.92 Å². The number of nitrogens with two attached hydrogens (primary N) is 1. The van der Waals surface area contributed by atoms with E-state index >= 15 is 0 Å². The van der Waals surface area contributed by atoms with E-state index in [0.717, 1.165) is 25.7 Å². The minimum Gasteiger partial charge on any atom is -0.228 e. The average molecular weight is 177 g/mol. The van der Waals surface area contributed by atoms with Crippen LogP contribution >= 0.6 is 0 Å². The third-order valence-electron chi connectivity index (χ3n) is 2.43. The Morgan fingerprint density at radius 3 is 2.00 bits per heavy atom. The molecule has 1 aliphatic carbocycles. The van der Waals surface area contributed by atoms with Crippen molar-refractivity contribution in [2.24, 2.45) is 11.1 Å². The Kier molecular flexibility index (Phi) is 2.54. The van der Waals surface area contributed by atoms with Gasteiger partial charge in [0.2, 0.25) is 10.0 Å². The maximum absolute atomic E-state index is 10.9. The van der Waals surface area contributed by atoms with Gasteiger partial charge in [0.1, 0.15) is 0 Å². The van der Waals surface area contributed by atoms with Gasteiger partial charge in [-0.05, 0) is 31.6 Å². The second-order valence-electron chi connectivity index (χ2n) is 3.47. The predicted molar refractivity (Wildman–Crippen MR) is 44.5 cm³/mol. The van der Waals surface area contributed by atoms with Gasteiger partial charge in [-0.3, -0.25) is 0 Å². The zero-order valence-electron chi connectivity index (χ0n) is 6.79.